The average Bonchev–Trinajstić information content (AvgIpc) is 2.28. The molecule has 2 rings (SSSR count). The number of methoxy groups -OCH3 is 1. The molecule has 0 aliphatic rings. The maximum absolute atomic E-state index is 13.0. The Balaban J connectivity index is 2.48. The van der Waals surface area contributed by atoms with Crippen molar-refractivity contribution in [3.8, 4) is 16.9 Å². The van der Waals surface area contributed by atoms with E-state index in [1.807, 2.05) is 0 Å². The second kappa shape index (κ2) is 4.18. The molecule has 2 aromatic rings. The van der Waals surface area contributed by atoms with Gasteiger partial charge in [-0.1, -0.05) is 0 Å². The van der Waals surface area contributed by atoms with Crippen molar-refractivity contribution in [3.05, 3.63) is 42.5 Å². The molecular formula is C12H11FN2O. The molecule has 0 aliphatic carbocycles. The molecule has 0 bridgehead atoms. The zero-order valence-electron chi connectivity index (χ0n) is 8.77. The Morgan fingerprint density at radius 2 is 2.06 bits per heavy atom. The molecule has 4 heteroatoms. The lowest BCUT2D eigenvalue weighted by molar-refractivity contribution is 0.415. The second-order valence-electron chi connectivity index (χ2n) is 3.35. The van der Waals surface area contributed by atoms with Gasteiger partial charge >= 0.3 is 0 Å². The summed E-state index contributed by atoms with van der Waals surface area (Å²) in [6.07, 6.45) is 2.73. The molecule has 3 nitrogen and oxygen atoms in total. The molecule has 0 saturated heterocycles. The number of pyridine rings is 1. The number of rotatable bonds is 2. The van der Waals surface area contributed by atoms with Crippen LogP contribution in [-0.2, 0) is 0 Å². The minimum Gasteiger partial charge on any atom is -0.497 e. The first-order valence-corrected chi connectivity index (χ1v) is 4.75. The van der Waals surface area contributed by atoms with Gasteiger partial charge in [0, 0.05) is 29.1 Å². The van der Waals surface area contributed by atoms with Crippen molar-refractivity contribution in [1.82, 2.24) is 4.98 Å². The van der Waals surface area contributed by atoms with Crippen LogP contribution in [0.3, 0.4) is 0 Å². The quantitative estimate of drug-likeness (QED) is 0.788. The van der Waals surface area contributed by atoms with Gasteiger partial charge in [-0.25, -0.2) is 4.39 Å². The van der Waals surface area contributed by atoms with Gasteiger partial charge in [0.2, 0.25) is 0 Å². The third-order valence-electron chi connectivity index (χ3n) is 2.27. The number of hydrogen-bond acceptors (Lipinski definition) is 3. The van der Waals surface area contributed by atoms with Gasteiger partial charge in [-0.15, -0.1) is 0 Å². The standard InChI is InChI=1S/C12H11FN2O/c1-16-10-2-3-11(12(14)5-10)8-4-9(13)7-15-6-8/h2-7H,14H2,1H3. The Hall–Kier alpha value is -2.10. The second-order valence-corrected chi connectivity index (χ2v) is 3.35. The van der Waals surface area contributed by atoms with E-state index >= 15 is 0 Å². The lowest BCUT2D eigenvalue weighted by Crippen LogP contribution is -1.93. The summed E-state index contributed by atoms with van der Waals surface area (Å²) in [6.45, 7) is 0. The van der Waals surface area contributed by atoms with Crippen LogP contribution in [0.15, 0.2) is 36.7 Å². The number of nitrogen functional groups attached to an aromatic ring is 1. The molecule has 0 saturated carbocycles. The van der Waals surface area contributed by atoms with Crippen molar-refractivity contribution in [2.75, 3.05) is 12.8 Å². The molecule has 82 valence electrons. The van der Waals surface area contributed by atoms with Gasteiger partial charge in [0.1, 0.15) is 11.6 Å². The Bertz CT molecular complexity index is 514. The highest BCUT2D eigenvalue weighted by Gasteiger charge is 2.05. The summed E-state index contributed by atoms with van der Waals surface area (Å²) >= 11 is 0. The fraction of sp³-hybridized carbons (Fsp3) is 0.0833. The summed E-state index contributed by atoms with van der Waals surface area (Å²) in [7, 11) is 1.57. The number of nitrogens with two attached hydrogens (primary N) is 1. The van der Waals surface area contributed by atoms with Gasteiger partial charge < -0.3 is 10.5 Å². The van der Waals surface area contributed by atoms with Crippen LogP contribution in [0.5, 0.6) is 5.75 Å². The lowest BCUT2D eigenvalue weighted by Gasteiger charge is -2.07. The van der Waals surface area contributed by atoms with Crippen molar-refractivity contribution in [3.63, 3.8) is 0 Å². The third kappa shape index (κ3) is 1.95. The molecule has 0 radical (unpaired) electrons. The first-order valence-electron chi connectivity index (χ1n) is 4.75. The van der Waals surface area contributed by atoms with Crippen LogP contribution in [0.25, 0.3) is 11.1 Å². The number of aromatic nitrogens is 1. The van der Waals surface area contributed by atoms with Gasteiger partial charge in [0.05, 0.1) is 13.3 Å². The monoisotopic (exact) mass is 218 g/mol. The van der Waals surface area contributed by atoms with E-state index < -0.39 is 0 Å². The van der Waals surface area contributed by atoms with Gasteiger partial charge in [-0.05, 0) is 18.2 Å². The van der Waals surface area contributed by atoms with Crippen molar-refractivity contribution in [2.45, 2.75) is 0 Å². The van der Waals surface area contributed by atoms with E-state index in [0.29, 0.717) is 17.0 Å². The molecule has 0 atom stereocenters. The highest BCUT2D eigenvalue weighted by molar-refractivity contribution is 5.76. The van der Waals surface area contributed by atoms with E-state index in [0.717, 1.165) is 11.8 Å². The topological polar surface area (TPSA) is 48.1 Å². The molecule has 16 heavy (non-hydrogen) atoms. The minimum atomic E-state index is -0.382. The summed E-state index contributed by atoms with van der Waals surface area (Å²) in [5, 5.41) is 0. The molecule has 1 aromatic heterocycles. The zero-order valence-corrected chi connectivity index (χ0v) is 8.77. The summed E-state index contributed by atoms with van der Waals surface area (Å²) in [5.74, 6) is 0.290. The largest absolute Gasteiger partial charge is 0.497 e. The lowest BCUT2D eigenvalue weighted by atomic mass is 10.1. The summed E-state index contributed by atoms with van der Waals surface area (Å²) in [5.41, 5.74) is 7.78. The number of ether oxygens (including phenoxy) is 1. The van der Waals surface area contributed by atoms with Gasteiger partial charge in [0.15, 0.2) is 0 Å². The average molecular weight is 218 g/mol. The van der Waals surface area contributed by atoms with E-state index in [1.165, 1.54) is 6.07 Å². The number of hydrogen-bond donors (Lipinski definition) is 1. The van der Waals surface area contributed by atoms with Crippen LogP contribution >= 0.6 is 0 Å². The number of halogens is 1. The van der Waals surface area contributed by atoms with E-state index in [9.17, 15) is 4.39 Å². The van der Waals surface area contributed by atoms with Crippen LogP contribution in [-0.4, -0.2) is 12.1 Å². The predicted octanol–water partition coefficient (Wildman–Crippen LogP) is 2.48. The minimum absolute atomic E-state index is 0.382. The molecule has 0 spiro atoms. The summed E-state index contributed by atoms with van der Waals surface area (Å²) in [4.78, 5) is 3.78. The fourth-order valence-electron chi connectivity index (χ4n) is 1.49. The highest BCUT2D eigenvalue weighted by Crippen LogP contribution is 2.28. The molecule has 2 N–H and O–H groups in total. The van der Waals surface area contributed by atoms with Crippen molar-refractivity contribution in [1.29, 1.82) is 0 Å². The molecule has 1 heterocycles. The van der Waals surface area contributed by atoms with Crippen LogP contribution < -0.4 is 10.5 Å². The van der Waals surface area contributed by atoms with E-state index in [1.54, 1.807) is 31.5 Å². The van der Waals surface area contributed by atoms with Crippen LogP contribution in [0, 0.1) is 5.82 Å². The molecular weight excluding hydrogens is 207 g/mol. The Labute approximate surface area is 92.7 Å². The smallest absolute Gasteiger partial charge is 0.142 e. The summed E-state index contributed by atoms with van der Waals surface area (Å²) in [6, 6.07) is 6.65. The summed E-state index contributed by atoms with van der Waals surface area (Å²) < 4.78 is 18.0. The fourth-order valence-corrected chi connectivity index (χ4v) is 1.49. The number of nitrogens with zero attached hydrogens (tertiary/aromatic N) is 1. The molecule has 1 aromatic carbocycles. The van der Waals surface area contributed by atoms with Crippen LogP contribution in [0.2, 0.25) is 0 Å². The van der Waals surface area contributed by atoms with Crippen molar-refractivity contribution < 1.29 is 9.13 Å². The number of anilines is 1. The first-order chi connectivity index (χ1) is 7.70. The Morgan fingerprint density at radius 1 is 1.25 bits per heavy atom. The number of benzene rings is 1. The van der Waals surface area contributed by atoms with E-state index in [2.05, 4.69) is 4.98 Å². The van der Waals surface area contributed by atoms with Gasteiger partial charge in [0.25, 0.3) is 0 Å². The maximum atomic E-state index is 13.0. The van der Waals surface area contributed by atoms with E-state index in [-0.39, 0.29) is 5.82 Å². The Kier molecular flexibility index (Phi) is 2.72. The molecule has 0 unspecified atom stereocenters. The van der Waals surface area contributed by atoms with Crippen molar-refractivity contribution in [2.24, 2.45) is 0 Å². The normalized spacial score (nSPS) is 10.1. The van der Waals surface area contributed by atoms with Crippen LogP contribution in [0.1, 0.15) is 0 Å². The highest BCUT2D eigenvalue weighted by atomic mass is 19.1. The predicted molar refractivity (Wildman–Crippen MR) is 60.6 cm³/mol. The first kappa shape index (κ1) is 10.4. The van der Waals surface area contributed by atoms with Crippen LogP contribution in [0.4, 0.5) is 10.1 Å². The molecule has 0 amide bonds. The van der Waals surface area contributed by atoms with Gasteiger partial charge in [-0.3, -0.25) is 4.98 Å². The maximum Gasteiger partial charge on any atom is 0.142 e. The SMILES string of the molecule is COc1ccc(-c2cncc(F)c2)c(N)c1. The third-order valence-corrected chi connectivity index (χ3v) is 2.27. The van der Waals surface area contributed by atoms with Gasteiger partial charge in [-0.2, -0.15) is 0 Å². The zero-order chi connectivity index (χ0) is 11.5. The molecule has 0 fully saturated rings. The Morgan fingerprint density at radius 3 is 2.69 bits per heavy atom. The van der Waals surface area contributed by atoms with Crippen molar-refractivity contribution >= 4 is 5.69 Å². The van der Waals surface area contributed by atoms with E-state index in [4.69, 9.17) is 10.5 Å². The molecule has 0 aliphatic heterocycles.